The van der Waals surface area contributed by atoms with Crippen molar-refractivity contribution in [1.29, 1.82) is 0 Å². The van der Waals surface area contributed by atoms with E-state index in [-0.39, 0.29) is 11.7 Å². The molecule has 3 aromatic rings. The molecule has 1 aromatic heterocycles. The predicted octanol–water partition coefficient (Wildman–Crippen LogP) is 4.44. The van der Waals surface area contributed by atoms with E-state index in [2.05, 4.69) is 10.1 Å². The average Bonchev–Trinajstić information content (AvgIpc) is 3.23. The fraction of sp³-hybridized carbons (Fsp3) is 0.321. The van der Waals surface area contributed by atoms with Gasteiger partial charge in [-0.25, -0.2) is 0 Å². The molecule has 1 aliphatic rings. The lowest BCUT2D eigenvalue weighted by Crippen LogP contribution is -2.48. The van der Waals surface area contributed by atoms with E-state index in [1.54, 1.807) is 26.2 Å². The molecular formula is C28H31N3O5. The Balaban J connectivity index is 1.32. The maximum Gasteiger partial charge on any atom is 0.246 e. The number of amides is 1. The predicted molar refractivity (Wildman–Crippen MR) is 138 cm³/mol. The number of nitrogens with zero attached hydrogens (tertiary/aromatic N) is 3. The first kappa shape index (κ1) is 25.0. The van der Waals surface area contributed by atoms with Crippen molar-refractivity contribution in [3.05, 3.63) is 76.7 Å². The summed E-state index contributed by atoms with van der Waals surface area (Å²) in [5.74, 6) is 1.95. The van der Waals surface area contributed by atoms with Crippen LogP contribution in [0.25, 0.3) is 6.08 Å². The molecule has 1 aliphatic heterocycles. The first-order chi connectivity index (χ1) is 17.4. The standard InChI is InChI=1S/C28H31N3O5/c1-19-25(21(3)36-29-19)18-35-26-11-5-22(17-27(26)34-4)6-12-28(33)31-15-13-30(14-16-31)24-9-7-23(8-10-24)20(2)32/h5-12,17H,13-16,18H2,1-4H3. The number of aromatic nitrogens is 1. The van der Waals surface area contributed by atoms with E-state index in [1.165, 1.54) is 0 Å². The van der Waals surface area contributed by atoms with Gasteiger partial charge in [0.1, 0.15) is 12.4 Å². The summed E-state index contributed by atoms with van der Waals surface area (Å²) in [7, 11) is 1.59. The number of carbonyl (C=O) groups excluding carboxylic acids is 2. The van der Waals surface area contributed by atoms with E-state index in [9.17, 15) is 9.59 Å². The number of ketones is 1. The van der Waals surface area contributed by atoms with Crippen LogP contribution in [0.2, 0.25) is 0 Å². The van der Waals surface area contributed by atoms with Crippen molar-refractivity contribution in [1.82, 2.24) is 10.1 Å². The van der Waals surface area contributed by atoms with Gasteiger partial charge in [0.2, 0.25) is 5.91 Å². The largest absolute Gasteiger partial charge is 0.493 e. The summed E-state index contributed by atoms with van der Waals surface area (Å²) in [6, 6.07) is 13.2. The fourth-order valence-corrected chi connectivity index (χ4v) is 4.13. The summed E-state index contributed by atoms with van der Waals surface area (Å²) in [5.41, 5.74) is 4.32. The molecule has 8 nitrogen and oxygen atoms in total. The highest BCUT2D eigenvalue weighted by molar-refractivity contribution is 5.94. The van der Waals surface area contributed by atoms with Crippen LogP contribution in [0.4, 0.5) is 5.69 Å². The van der Waals surface area contributed by atoms with Crippen molar-refractivity contribution in [2.24, 2.45) is 0 Å². The van der Waals surface area contributed by atoms with Gasteiger partial charge in [0.25, 0.3) is 0 Å². The summed E-state index contributed by atoms with van der Waals surface area (Å²) in [4.78, 5) is 28.3. The number of rotatable bonds is 8. The molecule has 2 aromatic carbocycles. The third-order valence-corrected chi connectivity index (χ3v) is 6.39. The minimum atomic E-state index is -0.0284. The third-order valence-electron chi connectivity index (χ3n) is 6.39. The highest BCUT2D eigenvalue weighted by Gasteiger charge is 2.20. The Bertz CT molecular complexity index is 1240. The summed E-state index contributed by atoms with van der Waals surface area (Å²) in [5, 5.41) is 3.95. The molecule has 1 amide bonds. The molecule has 188 valence electrons. The highest BCUT2D eigenvalue weighted by Crippen LogP contribution is 2.30. The summed E-state index contributed by atoms with van der Waals surface area (Å²) in [6.45, 7) is 8.38. The van der Waals surface area contributed by atoms with Crippen molar-refractivity contribution in [2.75, 3.05) is 38.2 Å². The number of ether oxygens (including phenoxy) is 2. The number of hydrogen-bond donors (Lipinski definition) is 0. The summed E-state index contributed by atoms with van der Waals surface area (Å²) < 4.78 is 16.6. The summed E-state index contributed by atoms with van der Waals surface area (Å²) in [6.07, 6.45) is 3.38. The molecule has 0 unspecified atom stereocenters. The molecule has 0 atom stereocenters. The molecule has 1 saturated heterocycles. The summed E-state index contributed by atoms with van der Waals surface area (Å²) >= 11 is 0. The van der Waals surface area contributed by atoms with Crippen LogP contribution >= 0.6 is 0 Å². The van der Waals surface area contributed by atoms with Crippen molar-refractivity contribution in [3.8, 4) is 11.5 Å². The van der Waals surface area contributed by atoms with Crippen LogP contribution in [-0.2, 0) is 11.4 Å². The van der Waals surface area contributed by atoms with Gasteiger partial charge in [0.05, 0.1) is 18.4 Å². The molecule has 8 heteroatoms. The van der Waals surface area contributed by atoms with Gasteiger partial charge in [-0.15, -0.1) is 0 Å². The lowest BCUT2D eigenvalue weighted by Gasteiger charge is -2.35. The van der Waals surface area contributed by atoms with Crippen molar-refractivity contribution in [3.63, 3.8) is 0 Å². The SMILES string of the molecule is COc1cc(C=CC(=O)N2CCN(c3ccc(C(C)=O)cc3)CC2)ccc1OCc1c(C)noc1C. The Hall–Kier alpha value is -4.07. The van der Waals surface area contributed by atoms with Crippen molar-refractivity contribution < 1.29 is 23.6 Å². The molecule has 0 saturated carbocycles. The van der Waals surface area contributed by atoms with Gasteiger partial charge in [-0.1, -0.05) is 11.2 Å². The molecule has 0 radical (unpaired) electrons. The molecule has 4 rings (SSSR count). The van der Waals surface area contributed by atoms with Gasteiger partial charge in [-0.2, -0.15) is 0 Å². The van der Waals surface area contributed by atoms with Gasteiger partial charge in [-0.3, -0.25) is 9.59 Å². The van der Waals surface area contributed by atoms with Crippen molar-refractivity contribution >= 4 is 23.5 Å². The van der Waals surface area contributed by atoms with Crippen LogP contribution in [0.3, 0.4) is 0 Å². The third kappa shape index (κ3) is 5.76. The van der Waals surface area contributed by atoms with Gasteiger partial charge in [-0.05, 0) is 68.8 Å². The Morgan fingerprint density at radius 1 is 1.03 bits per heavy atom. The molecule has 1 fully saturated rings. The normalized spacial score (nSPS) is 13.8. The van der Waals surface area contributed by atoms with Crippen LogP contribution in [0, 0.1) is 13.8 Å². The zero-order chi connectivity index (χ0) is 25.7. The maximum absolute atomic E-state index is 12.8. The molecule has 0 spiro atoms. The lowest BCUT2D eigenvalue weighted by atomic mass is 10.1. The molecule has 2 heterocycles. The lowest BCUT2D eigenvalue weighted by molar-refractivity contribution is -0.126. The second-order valence-electron chi connectivity index (χ2n) is 8.75. The molecular weight excluding hydrogens is 458 g/mol. The van der Waals surface area contributed by atoms with Gasteiger partial charge in [0.15, 0.2) is 17.3 Å². The smallest absolute Gasteiger partial charge is 0.246 e. The zero-order valence-corrected chi connectivity index (χ0v) is 21.1. The van der Waals surface area contributed by atoms with Crippen LogP contribution in [0.5, 0.6) is 11.5 Å². The van der Waals surface area contributed by atoms with E-state index in [1.807, 2.05) is 61.2 Å². The molecule has 0 bridgehead atoms. The van der Waals surface area contributed by atoms with E-state index in [0.717, 1.165) is 41.4 Å². The van der Waals surface area contributed by atoms with E-state index in [0.29, 0.717) is 36.8 Å². The Kier molecular flexibility index (Phi) is 7.73. The number of anilines is 1. The van der Waals surface area contributed by atoms with Crippen LogP contribution < -0.4 is 14.4 Å². The number of aryl methyl sites for hydroxylation is 2. The number of carbonyl (C=O) groups is 2. The van der Waals surface area contributed by atoms with E-state index >= 15 is 0 Å². The number of benzene rings is 2. The highest BCUT2D eigenvalue weighted by atomic mass is 16.5. The zero-order valence-electron chi connectivity index (χ0n) is 21.1. The Labute approximate surface area is 211 Å². The fourth-order valence-electron chi connectivity index (χ4n) is 4.13. The van der Waals surface area contributed by atoms with Crippen molar-refractivity contribution in [2.45, 2.75) is 27.4 Å². The van der Waals surface area contributed by atoms with Crippen LogP contribution in [0.15, 0.2) is 53.1 Å². The number of hydrogen-bond acceptors (Lipinski definition) is 7. The second-order valence-corrected chi connectivity index (χ2v) is 8.75. The quantitative estimate of drug-likeness (QED) is 0.342. The maximum atomic E-state index is 12.8. The van der Waals surface area contributed by atoms with Gasteiger partial charge >= 0.3 is 0 Å². The number of Topliss-reactive ketones (excluding diaryl/α,β-unsaturated/α-hetero) is 1. The molecule has 36 heavy (non-hydrogen) atoms. The Morgan fingerprint density at radius 2 is 1.75 bits per heavy atom. The van der Waals surface area contributed by atoms with Crippen LogP contribution in [-0.4, -0.2) is 55.0 Å². The number of methoxy groups -OCH3 is 1. The van der Waals surface area contributed by atoms with Gasteiger partial charge < -0.3 is 23.8 Å². The van der Waals surface area contributed by atoms with Crippen LogP contribution in [0.1, 0.15) is 39.9 Å². The minimum absolute atomic E-state index is 0.0284. The van der Waals surface area contributed by atoms with E-state index < -0.39 is 0 Å². The molecule has 0 aliphatic carbocycles. The Morgan fingerprint density at radius 3 is 2.36 bits per heavy atom. The monoisotopic (exact) mass is 489 g/mol. The molecule has 0 N–H and O–H groups in total. The second kappa shape index (κ2) is 11.1. The topological polar surface area (TPSA) is 85.1 Å². The van der Waals surface area contributed by atoms with E-state index in [4.69, 9.17) is 14.0 Å². The first-order valence-corrected chi connectivity index (χ1v) is 11.9. The van der Waals surface area contributed by atoms with Gasteiger partial charge in [0, 0.05) is 43.5 Å². The average molecular weight is 490 g/mol. The minimum Gasteiger partial charge on any atom is -0.493 e. The first-order valence-electron chi connectivity index (χ1n) is 11.9. The number of piperazine rings is 1.